The molecular weight excluding hydrogens is 623 g/mol. The molecule has 3 amide bonds. The van der Waals surface area contributed by atoms with E-state index in [1.807, 2.05) is 64.3 Å². The van der Waals surface area contributed by atoms with Crippen molar-refractivity contribution in [2.75, 3.05) is 24.2 Å². The van der Waals surface area contributed by atoms with E-state index in [1.165, 1.54) is 12.1 Å². The van der Waals surface area contributed by atoms with E-state index in [9.17, 15) is 22.8 Å². The average molecular weight is 666 g/mol. The Labute approximate surface area is 277 Å². The lowest BCUT2D eigenvalue weighted by atomic mass is 9.85. The van der Waals surface area contributed by atoms with Gasteiger partial charge in [0.15, 0.2) is 0 Å². The first-order chi connectivity index (χ1) is 22.5. The fourth-order valence-corrected chi connectivity index (χ4v) is 6.31. The Morgan fingerprint density at radius 2 is 1.65 bits per heavy atom. The number of aromatic nitrogens is 1. The fraction of sp³-hybridized carbons (Fsp3) is 0.429. The number of nitrogens with one attached hydrogen (secondary N) is 5. The van der Waals surface area contributed by atoms with Crippen molar-refractivity contribution in [2.45, 2.75) is 82.7 Å². The molecule has 1 saturated heterocycles. The van der Waals surface area contributed by atoms with Crippen molar-refractivity contribution in [1.29, 1.82) is 10.8 Å². The van der Waals surface area contributed by atoms with Crippen LogP contribution in [0.1, 0.15) is 82.2 Å². The van der Waals surface area contributed by atoms with E-state index in [2.05, 4.69) is 15.5 Å². The first-order valence-electron chi connectivity index (χ1n) is 15.9. The Hall–Kier alpha value is -4.65. The second kappa shape index (κ2) is 13.1. The summed E-state index contributed by atoms with van der Waals surface area (Å²) in [5.74, 6) is -1.25. The molecule has 3 aromatic rings. The molecular formula is C35H42F3N7O3. The van der Waals surface area contributed by atoms with Gasteiger partial charge in [-0.15, -0.1) is 0 Å². The van der Waals surface area contributed by atoms with Gasteiger partial charge in [-0.1, -0.05) is 45.0 Å². The minimum absolute atomic E-state index is 0.0812. The van der Waals surface area contributed by atoms with Crippen LogP contribution in [0.2, 0.25) is 0 Å². The lowest BCUT2D eigenvalue weighted by Gasteiger charge is -2.34. The number of halogens is 3. The summed E-state index contributed by atoms with van der Waals surface area (Å²) < 4.78 is 46.8. The van der Waals surface area contributed by atoms with Crippen molar-refractivity contribution in [3.05, 3.63) is 83.0 Å². The molecule has 3 atom stereocenters. The molecule has 0 saturated carbocycles. The number of rotatable bonds is 6. The third kappa shape index (κ3) is 7.40. The molecule has 0 radical (unpaired) electrons. The monoisotopic (exact) mass is 665 g/mol. The number of fused-ring (bicyclic) bond motifs is 1. The summed E-state index contributed by atoms with van der Waals surface area (Å²) in [5.41, 5.74) is 1.76. The number of likely N-dealkylation sites (tertiary alicyclic amines) is 1. The molecule has 0 bridgehead atoms. The molecule has 1 aromatic heterocycles. The molecule has 1 aliphatic carbocycles. The average Bonchev–Trinajstić information content (AvgIpc) is 3.36. The summed E-state index contributed by atoms with van der Waals surface area (Å²) in [6.07, 6.45) is -0.784. The highest BCUT2D eigenvalue weighted by Gasteiger charge is 2.40. The Morgan fingerprint density at radius 3 is 2.27 bits per heavy atom. The first kappa shape index (κ1) is 34.7. The number of likely N-dealkylation sites (N-methyl/N-ethyl adjacent to an activating group) is 1. The van der Waals surface area contributed by atoms with Gasteiger partial charge in [-0.05, 0) is 98.6 Å². The van der Waals surface area contributed by atoms with Crippen LogP contribution in [-0.2, 0) is 10.2 Å². The van der Waals surface area contributed by atoms with E-state index in [1.54, 1.807) is 29.0 Å². The van der Waals surface area contributed by atoms with Gasteiger partial charge in [-0.2, -0.15) is 13.2 Å². The third-order valence-electron chi connectivity index (χ3n) is 9.26. The molecule has 1 fully saturated rings. The van der Waals surface area contributed by atoms with Gasteiger partial charge in [-0.3, -0.25) is 25.1 Å². The normalized spacial score (nSPS) is 21.2. The van der Waals surface area contributed by atoms with Crippen molar-refractivity contribution in [2.24, 2.45) is 0 Å². The highest BCUT2D eigenvalue weighted by atomic mass is 19.4. The van der Waals surface area contributed by atoms with Crippen LogP contribution in [0.15, 0.2) is 60.8 Å². The van der Waals surface area contributed by atoms with Crippen LogP contribution in [0.5, 0.6) is 5.75 Å². The van der Waals surface area contributed by atoms with Crippen molar-refractivity contribution >= 4 is 29.1 Å². The highest BCUT2D eigenvalue weighted by Crippen LogP contribution is 2.39. The molecule has 2 aromatic carbocycles. The van der Waals surface area contributed by atoms with Gasteiger partial charge < -0.3 is 20.7 Å². The predicted octanol–water partition coefficient (Wildman–Crippen LogP) is 6.85. The van der Waals surface area contributed by atoms with Crippen molar-refractivity contribution in [3.63, 3.8) is 0 Å². The number of benzene rings is 2. The summed E-state index contributed by atoms with van der Waals surface area (Å²) in [4.78, 5) is 27.0. The van der Waals surface area contributed by atoms with Crippen molar-refractivity contribution < 1.29 is 27.5 Å². The van der Waals surface area contributed by atoms with Gasteiger partial charge >= 0.3 is 18.1 Å². The van der Waals surface area contributed by atoms with E-state index >= 15 is 0 Å². The number of urea groups is 1. The largest absolute Gasteiger partial charge is 0.484 e. The van der Waals surface area contributed by atoms with Crippen molar-refractivity contribution in [3.8, 4) is 5.75 Å². The molecule has 5 N–H and O–H groups in total. The standard InChI is InChI=1S/C35H42F3N7O3/c1-33(2,3)21-17-22(41-31(46)35(36,37)38)19-23(18-21)42-32(47)43-27-12-13-28(26-10-7-6-9-25(26)27)48-24-11-14-29(39)45(20-24)30(40)34(4)15-8-16-44(34)5/h6-7,9-11,14,17-20,27-28,39-40H,8,12-13,15-16H2,1-5H3,(H,41,46)(H2,42,43,47)/t27-,28+,34-/m0/s1. The third-order valence-corrected chi connectivity index (χ3v) is 9.26. The zero-order chi connectivity index (χ0) is 35.0. The molecule has 48 heavy (non-hydrogen) atoms. The maximum absolute atomic E-state index is 13.2. The lowest BCUT2D eigenvalue weighted by Crippen LogP contribution is -2.50. The van der Waals surface area contributed by atoms with Gasteiger partial charge in [0.25, 0.3) is 0 Å². The zero-order valence-electron chi connectivity index (χ0n) is 27.7. The number of hydrogen-bond acceptors (Lipinski definition) is 6. The van der Waals surface area contributed by atoms with Gasteiger partial charge in [0.2, 0.25) is 0 Å². The molecule has 13 heteroatoms. The van der Waals surface area contributed by atoms with Crippen LogP contribution in [0, 0.1) is 10.8 Å². The lowest BCUT2D eigenvalue weighted by molar-refractivity contribution is -0.167. The van der Waals surface area contributed by atoms with Gasteiger partial charge in [0.1, 0.15) is 23.2 Å². The summed E-state index contributed by atoms with van der Waals surface area (Å²) in [6.45, 7) is 8.53. The fourth-order valence-electron chi connectivity index (χ4n) is 6.31. The summed E-state index contributed by atoms with van der Waals surface area (Å²) >= 11 is 0. The topological polar surface area (TPSA) is 135 Å². The van der Waals surface area contributed by atoms with Crippen LogP contribution in [0.25, 0.3) is 0 Å². The smallest absolute Gasteiger partial charge is 0.471 e. The molecule has 2 aliphatic rings. The van der Waals surface area contributed by atoms with E-state index in [0.29, 0.717) is 30.0 Å². The molecule has 256 valence electrons. The second-order valence-electron chi connectivity index (χ2n) is 13.7. The SMILES string of the molecule is CN1CCC[C@@]1(C)C(=N)n1cc(O[C@@H]2CC[C@H](NC(=O)Nc3cc(NC(=O)C(F)(F)F)cc(C(C)(C)C)c3)c3ccccc32)ccc1=N. The molecule has 10 nitrogen and oxygen atoms in total. The maximum Gasteiger partial charge on any atom is 0.471 e. The molecule has 2 heterocycles. The number of hydrogen-bond donors (Lipinski definition) is 5. The Balaban J connectivity index is 1.32. The van der Waals surface area contributed by atoms with E-state index < -0.39 is 29.1 Å². The predicted molar refractivity (Wildman–Crippen MR) is 177 cm³/mol. The Bertz CT molecular complexity index is 1780. The molecule has 0 spiro atoms. The van der Waals surface area contributed by atoms with E-state index in [0.717, 1.165) is 30.5 Å². The summed E-state index contributed by atoms with van der Waals surface area (Å²) in [5, 5.41) is 25.0. The number of amides is 3. The maximum atomic E-state index is 13.2. The molecule has 0 unspecified atom stereocenters. The molecule has 5 rings (SSSR count). The van der Waals surface area contributed by atoms with Gasteiger partial charge in [0.05, 0.1) is 17.8 Å². The number of pyridine rings is 1. The second-order valence-corrected chi connectivity index (χ2v) is 13.7. The molecule has 1 aliphatic heterocycles. The quantitative estimate of drug-likeness (QED) is 0.145. The minimum atomic E-state index is -5.06. The first-order valence-corrected chi connectivity index (χ1v) is 15.9. The van der Waals surface area contributed by atoms with Gasteiger partial charge in [-0.25, -0.2) is 4.79 Å². The van der Waals surface area contributed by atoms with E-state index in [4.69, 9.17) is 15.6 Å². The minimum Gasteiger partial charge on any atom is -0.484 e. The van der Waals surface area contributed by atoms with Gasteiger partial charge in [0, 0.05) is 11.4 Å². The zero-order valence-corrected chi connectivity index (χ0v) is 27.7. The van der Waals surface area contributed by atoms with Crippen LogP contribution in [-0.4, -0.2) is 52.5 Å². The van der Waals surface area contributed by atoms with Crippen LogP contribution < -0.4 is 26.2 Å². The van der Waals surface area contributed by atoms with Crippen molar-refractivity contribution in [1.82, 2.24) is 14.8 Å². The Kier molecular flexibility index (Phi) is 9.46. The number of carbonyl (C=O) groups is 2. The number of alkyl halides is 3. The number of ether oxygens (including phenoxy) is 1. The number of anilines is 2. The van der Waals surface area contributed by atoms with E-state index in [-0.39, 0.29) is 29.0 Å². The highest BCUT2D eigenvalue weighted by molar-refractivity contribution is 5.96. The van der Waals surface area contributed by atoms with Crippen LogP contribution in [0.4, 0.5) is 29.3 Å². The summed E-state index contributed by atoms with van der Waals surface area (Å²) in [7, 11) is 1.99. The Morgan fingerprint density at radius 1 is 0.979 bits per heavy atom. The number of carbonyl (C=O) groups excluding carboxylic acids is 2. The summed E-state index contributed by atoms with van der Waals surface area (Å²) in [6, 6.07) is 14.5. The van der Waals surface area contributed by atoms with Crippen LogP contribution in [0.3, 0.4) is 0 Å². The van der Waals surface area contributed by atoms with Crippen LogP contribution >= 0.6 is 0 Å². The number of nitrogens with zero attached hydrogens (tertiary/aromatic N) is 2.